The molecule has 0 aliphatic carbocycles. The second-order valence-corrected chi connectivity index (χ2v) is 7.39. The molecule has 0 saturated carbocycles. The Kier molecular flexibility index (Phi) is 7.19. The van der Waals surface area contributed by atoms with Gasteiger partial charge in [0.25, 0.3) is 5.56 Å². The molecule has 158 valence electrons. The van der Waals surface area contributed by atoms with Crippen molar-refractivity contribution in [2.45, 2.75) is 26.5 Å². The van der Waals surface area contributed by atoms with Gasteiger partial charge in [0.05, 0.1) is 6.04 Å². The van der Waals surface area contributed by atoms with Crippen LogP contribution in [0.4, 0.5) is 0 Å². The third kappa shape index (κ3) is 5.67. The first-order valence-electron chi connectivity index (χ1n) is 9.93. The third-order valence-electron chi connectivity index (χ3n) is 4.78. The Morgan fingerprint density at radius 1 is 1.03 bits per heavy atom. The molecule has 7 nitrogen and oxygen atoms in total. The molecule has 0 saturated heterocycles. The molecule has 2 aromatic heterocycles. The summed E-state index contributed by atoms with van der Waals surface area (Å²) >= 11 is 0. The normalized spacial score (nSPS) is 12.0. The van der Waals surface area contributed by atoms with Crippen LogP contribution >= 0.6 is 0 Å². The van der Waals surface area contributed by atoms with Crippen molar-refractivity contribution in [1.29, 1.82) is 0 Å². The molecule has 0 spiro atoms. The lowest BCUT2D eigenvalue weighted by Crippen LogP contribution is -2.25. The summed E-state index contributed by atoms with van der Waals surface area (Å²) in [5, 5.41) is 0. The minimum absolute atomic E-state index is 0.111. The van der Waals surface area contributed by atoms with Gasteiger partial charge in [-0.2, -0.15) is 0 Å². The number of hydrogen-bond donors (Lipinski definition) is 0. The highest BCUT2D eigenvalue weighted by Gasteiger charge is 2.14. The van der Waals surface area contributed by atoms with Gasteiger partial charge >= 0.3 is 0 Å². The minimum Gasteiger partial charge on any atom is -0.492 e. The molecule has 0 aliphatic heterocycles. The molecule has 0 N–H and O–H groups in total. The molecule has 30 heavy (non-hydrogen) atoms. The van der Waals surface area contributed by atoms with E-state index in [1.165, 1.54) is 6.07 Å². The summed E-state index contributed by atoms with van der Waals surface area (Å²) in [7, 11) is 4.03. The monoisotopic (exact) mass is 408 g/mol. The number of aryl methyl sites for hydroxylation is 1. The predicted molar refractivity (Wildman–Crippen MR) is 116 cm³/mol. The number of hydrogen-bond acceptors (Lipinski definition) is 6. The van der Waals surface area contributed by atoms with Crippen molar-refractivity contribution in [2.24, 2.45) is 0 Å². The van der Waals surface area contributed by atoms with Crippen molar-refractivity contribution in [1.82, 2.24) is 19.4 Å². The van der Waals surface area contributed by atoms with Gasteiger partial charge in [-0.3, -0.25) is 4.79 Å². The summed E-state index contributed by atoms with van der Waals surface area (Å²) in [5.41, 5.74) is 1.74. The highest BCUT2D eigenvalue weighted by atomic mass is 16.5. The molecule has 1 aromatic carbocycles. The van der Waals surface area contributed by atoms with E-state index in [1.54, 1.807) is 23.0 Å². The highest BCUT2D eigenvalue weighted by Crippen LogP contribution is 2.22. The van der Waals surface area contributed by atoms with Crippen LogP contribution in [-0.4, -0.2) is 46.7 Å². The van der Waals surface area contributed by atoms with Crippen molar-refractivity contribution < 1.29 is 9.47 Å². The van der Waals surface area contributed by atoms with E-state index in [4.69, 9.17) is 9.47 Å². The Balaban J connectivity index is 1.69. The Labute approximate surface area is 176 Å². The molecule has 0 amide bonds. The highest BCUT2D eigenvalue weighted by molar-refractivity contribution is 5.31. The van der Waals surface area contributed by atoms with Crippen LogP contribution in [0.3, 0.4) is 0 Å². The van der Waals surface area contributed by atoms with Crippen molar-refractivity contribution in [3.05, 3.63) is 82.3 Å². The molecule has 0 fully saturated rings. The molecule has 0 bridgehead atoms. The third-order valence-corrected chi connectivity index (χ3v) is 4.78. The fourth-order valence-corrected chi connectivity index (χ4v) is 3.15. The SMILES string of the molecule is Cc1cc(OCc2ncccn2)cc(=O)n1[C@H](C)c1ccc(OCCN(C)C)cc1. The molecule has 7 heteroatoms. The topological polar surface area (TPSA) is 69.5 Å². The van der Waals surface area contributed by atoms with Crippen LogP contribution in [-0.2, 0) is 6.61 Å². The Bertz CT molecular complexity index is 1000. The molecule has 3 aromatic rings. The van der Waals surface area contributed by atoms with E-state index >= 15 is 0 Å². The first kappa shape index (κ1) is 21.5. The molecule has 0 unspecified atom stereocenters. The van der Waals surface area contributed by atoms with Gasteiger partial charge in [-0.25, -0.2) is 9.97 Å². The summed E-state index contributed by atoms with van der Waals surface area (Å²) in [5.74, 6) is 1.90. The number of pyridine rings is 1. The van der Waals surface area contributed by atoms with Gasteiger partial charge in [0.1, 0.15) is 24.7 Å². The molecular weight excluding hydrogens is 380 g/mol. The molecular formula is C23H28N4O3. The van der Waals surface area contributed by atoms with Crippen molar-refractivity contribution in [3.8, 4) is 11.5 Å². The van der Waals surface area contributed by atoms with E-state index in [0.29, 0.717) is 18.2 Å². The van der Waals surface area contributed by atoms with Crippen LogP contribution in [0.1, 0.15) is 30.0 Å². The van der Waals surface area contributed by atoms with E-state index in [9.17, 15) is 4.79 Å². The van der Waals surface area contributed by atoms with E-state index in [2.05, 4.69) is 14.9 Å². The van der Waals surface area contributed by atoms with Gasteiger partial charge in [-0.15, -0.1) is 0 Å². The van der Waals surface area contributed by atoms with Gasteiger partial charge in [0.2, 0.25) is 0 Å². The predicted octanol–water partition coefficient (Wildman–Crippen LogP) is 3.08. The summed E-state index contributed by atoms with van der Waals surface area (Å²) in [4.78, 5) is 23.1. The number of aromatic nitrogens is 3. The van der Waals surface area contributed by atoms with Crippen LogP contribution in [0.5, 0.6) is 11.5 Å². The number of ether oxygens (including phenoxy) is 2. The average Bonchev–Trinajstić information content (AvgIpc) is 2.73. The van der Waals surface area contributed by atoms with Crippen LogP contribution in [0.15, 0.2) is 59.7 Å². The quantitative estimate of drug-likeness (QED) is 0.542. The van der Waals surface area contributed by atoms with Crippen LogP contribution in [0.2, 0.25) is 0 Å². The molecule has 3 rings (SSSR count). The molecule has 2 heterocycles. The lowest BCUT2D eigenvalue weighted by molar-refractivity contribution is 0.261. The number of nitrogens with zero attached hydrogens (tertiary/aromatic N) is 4. The number of likely N-dealkylation sites (N-methyl/N-ethyl adjacent to an activating group) is 1. The van der Waals surface area contributed by atoms with Crippen molar-refractivity contribution >= 4 is 0 Å². The molecule has 0 aliphatic rings. The Morgan fingerprint density at radius 2 is 1.73 bits per heavy atom. The largest absolute Gasteiger partial charge is 0.492 e. The summed E-state index contributed by atoms with van der Waals surface area (Å²) < 4.78 is 13.2. The molecule has 1 atom stereocenters. The zero-order valence-electron chi connectivity index (χ0n) is 17.9. The van der Waals surface area contributed by atoms with E-state index in [1.807, 2.05) is 58.3 Å². The Hall–Kier alpha value is -3.19. The average molecular weight is 409 g/mol. The van der Waals surface area contributed by atoms with Gasteiger partial charge in [0.15, 0.2) is 5.82 Å². The smallest absolute Gasteiger partial charge is 0.254 e. The first-order valence-corrected chi connectivity index (χ1v) is 9.93. The lowest BCUT2D eigenvalue weighted by Gasteiger charge is -2.20. The summed E-state index contributed by atoms with van der Waals surface area (Å²) in [6.07, 6.45) is 3.32. The minimum atomic E-state index is -0.113. The van der Waals surface area contributed by atoms with Crippen LogP contribution < -0.4 is 15.0 Å². The number of benzene rings is 1. The first-order chi connectivity index (χ1) is 14.4. The maximum atomic E-state index is 12.8. The fourth-order valence-electron chi connectivity index (χ4n) is 3.15. The van der Waals surface area contributed by atoms with Gasteiger partial charge < -0.3 is 18.9 Å². The van der Waals surface area contributed by atoms with Gasteiger partial charge in [0, 0.05) is 30.7 Å². The van der Waals surface area contributed by atoms with Gasteiger partial charge in [-0.1, -0.05) is 12.1 Å². The second kappa shape index (κ2) is 10.0. The van der Waals surface area contributed by atoms with E-state index < -0.39 is 0 Å². The maximum absolute atomic E-state index is 12.8. The molecule has 0 radical (unpaired) electrons. The van der Waals surface area contributed by atoms with E-state index in [0.717, 1.165) is 23.6 Å². The fraction of sp³-hybridized carbons (Fsp3) is 0.348. The summed E-state index contributed by atoms with van der Waals surface area (Å²) in [6, 6.07) is 12.9. The van der Waals surface area contributed by atoms with Crippen molar-refractivity contribution in [2.75, 3.05) is 27.2 Å². The Morgan fingerprint density at radius 3 is 2.37 bits per heavy atom. The van der Waals surface area contributed by atoms with Gasteiger partial charge in [-0.05, 0) is 57.8 Å². The maximum Gasteiger partial charge on any atom is 0.254 e. The second-order valence-electron chi connectivity index (χ2n) is 7.39. The number of rotatable bonds is 9. The lowest BCUT2D eigenvalue weighted by atomic mass is 10.1. The van der Waals surface area contributed by atoms with Crippen molar-refractivity contribution in [3.63, 3.8) is 0 Å². The summed E-state index contributed by atoms with van der Waals surface area (Å²) in [6.45, 7) is 5.62. The zero-order chi connectivity index (χ0) is 21.5. The standard InChI is InChI=1S/C23H28N4O3/c1-17-14-21(30-16-22-24-10-5-11-25-22)15-23(28)27(17)18(2)19-6-8-20(9-7-19)29-13-12-26(3)4/h5-11,14-15,18H,12-13,16H2,1-4H3/t18-/m1/s1. The zero-order valence-corrected chi connectivity index (χ0v) is 17.9. The van der Waals surface area contributed by atoms with Crippen LogP contribution in [0, 0.1) is 6.92 Å². The van der Waals surface area contributed by atoms with E-state index in [-0.39, 0.29) is 18.2 Å². The van der Waals surface area contributed by atoms with Crippen LogP contribution in [0.25, 0.3) is 0 Å².